The Labute approximate surface area is 185 Å². The maximum Gasteiger partial charge on any atom is 0.227 e. The lowest BCUT2D eigenvalue weighted by Crippen LogP contribution is -2.08. The van der Waals surface area contributed by atoms with Crippen LogP contribution in [0.15, 0.2) is 36.9 Å². The van der Waals surface area contributed by atoms with Crippen LogP contribution in [0.5, 0.6) is 5.75 Å². The lowest BCUT2D eigenvalue weighted by molar-refractivity contribution is 0.0987. The van der Waals surface area contributed by atoms with Crippen LogP contribution in [0.3, 0.4) is 0 Å². The lowest BCUT2D eigenvalue weighted by Gasteiger charge is -2.11. The minimum atomic E-state index is -0.441. The van der Waals surface area contributed by atoms with E-state index in [2.05, 4.69) is 20.4 Å². The number of ether oxygens (including phenoxy) is 2. The first kappa shape index (κ1) is 21.9. The van der Waals surface area contributed by atoms with Crippen LogP contribution < -0.4 is 10.1 Å². The lowest BCUT2D eigenvalue weighted by atomic mass is 10.00. The topological polar surface area (TPSA) is 91.2 Å². The average molecular weight is 439 g/mol. The van der Waals surface area contributed by atoms with Crippen LogP contribution in [0.4, 0.5) is 16.0 Å². The summed E-state index contributed by atoms with van der Waals surface area (Å²) in [6.45, 7) is 3.21. The molecule has 4 rings (SSSR count). The van der Waals surface area contributed by atoms with Crippen LogP contribution in [-0.2, 0) is 17.6 Å². The van der Waals surface area contributed by atoms with Gasteiger partial charge < -0.3 is 14.8 Å². The maximum atomic E-state index is 14.7. The van der Waals surface area contributed by atoms with Crippen molar-refractivity contribution < 1.29 is 18.7 Å². The highest BCUT2D eigenvalue weighted by Crippen LogP contribution is 2.25. The molecule has 0 aliphatic carbocycles. The van der Waals surface area contributed by atoms with E-state index in [0.29, 0.717) is 42.9 Å². The number of nitrogens with zero attached hydrogens (tertiary/aromatic N) is 4. The summed E-state index contributed by atoms with van der Waals surface area (Å²) in [5.41, 5.74) is 2.56. The number of aryl methyl sites for hydroxylation is 2. The van der Waals surface area contributed by atoms with Gasteiger partial charge in [0, 0.05) is 37.2 Å². The van der Waals surface area contributed by atoms with Crippen LogP contribution in [0.2, 0.25) is 0 Å². The molecule has 1 N–H and O–H groups in total. The molecule has 168 valence electrons. The monoisotopic (exact) mass is 439 g/mol. The van der Waals surface area contributed by atoms with Crippen LogP contribution in [0.1, 0.15) is 47.3 Å². The van der Waals surface area contributed by atoms with Gasteiger partial charge in [-0.15, -0.1) is 0 Å². The predicted octanol–water partition coefficient (Wildman–Crippen LogP) is 3.90. The number of carbonyl (C=O) groups is 1. The van der Waals surface area contributed by atoms with Gasteiger partial charge in [0.25, 0.3) is 0 Å². The first-order chi connectivity index (χ1) is 15.6. The Kier molecular flexibility index (Phi) is 6.75. The Bertz CT molecular complexity index is 1080. The molecule has 0 amide bonds. The van der Waals surface area contributed by atoms with Gasteiger partial charge in [-0.25, -0.2) is 14.4 Å². The molecule has 0 spiro atoms. The number of hydrogen-bond acceptors (Lipinski definition) is 7. The second kappa shape index (κ2) is 9.86. The number of halogens is 1. The van der Waals surface area contributed by atoms with Gasteiger partial charge in [-0.05, 0) is 42.5 Å². The van der Waals surface area contributed by atoms with Crippen molar-refractivity contribution >= 4 is 17.4 Å². The van der Waals surface area contributed by atoms with Crippen LogP contribution in [0.25, 0.3) is 0 Å². The Morgan fingerprint density at radius 1 is 1.28 bits per heavy atom. The SMILES string of the molecule is CCC(=O)c1cc(CCc2cnc(Nc3cnn([C@H]4CCOC4)c3)nc2)c(F)c(OC)c1. The van der Waals surface area contributed by atoms with Gasteiger partial charge in [0.05, 0.1) is 31.6 Å². The molecule has 1 aliphatic rings. The summed E-state index contributed by atoms with van der Waals surface area (Å²) in [7, 11) is 1.40. The Hall–Kier alpha value is -3.33. The van der Waals surface area contributed by atoms with E-state index in [1.165, 1.54) is 13.2 Å². The van der Waals surface area contributed by atoms with E-state index in [1.54, 1.807) is 31.6 Å². The molecule has 8 nitrogen and oxygen atoms in total. The van der Waals surface area contributed by atoms with Gasteiger partial charge in [-0.2, -0.15) is 5.10 Å². The molecule has 3 aromatic rings. The number of nitrogens with one attached hydrogen (secondary N) is 1. The molecule has 0 unspecified atom stereocenters. The summed E-state index contributed by atoms with van der Waals surface area (Å²) in [5, 5.41) is 7.51. The van der Waals surface area contributed by atoms with Crippen molar-refractivity contribution in [3.63, 3.8) is 0 Å². The van der Waals surface area contributed by atoms with Gasteiger partial charge >= 0.3 is 0 Å². The van der Waals surface area contributed by atoms with Gasteiger partial charge in [0.2, 0.25) is 5.95 Å². The van der Waals surface area contributed by atoms with Crippen molar-refractivity contribution in [3.8, 4) is 5.75 Å². The van der Waals surface area contributed by atoms with E-state index < -0.39 is 5.82 Å². The molecule has 2 aromatic heterocycles. The third kappa shape index (κ3) is 4.94. The molecule has 3 heterocycles. The summed E-state index contributed by atoms with van der Waals surface area (Å²) in [6, 6.07) is 3.32. The molecule has 9 heteroatoms. The number of rotatable bonds is 9. The first-order valence-electron chi connectivity index (χ1n) is 10.7. The highest BCUT2D eigenvalue weighted by Gasteiger charge is 2.18. The molecule has 0 saturated carbocycles. The minimum Gasteiger partial charge on any atom is -0.494 e. The zero-order valence-corrected chi connectivity index (χ0v) is 18.2. The molecule has 1 atom stereocenters. The highest BCUT2D eigenvalue weighted by atomic mass is 19.1. The first-order valence-corrected chi connectivity index (χ1v) is 10.7. The number of methoxy groups -OCH3 is 1. The zero-order valence-electron chi connectivity index (χ0n) is 18.2. The Morgan fingerprint density at radius 3 is 2.78 bits per heavy atom. The number of aromatic nitrogens is 4. The molecular formula is C23H26FN5O3. The second-order valence-corrected chi connectivity index (χ2v) is 7.69. The van der Waals surface area contributed by atoms with Crippen molar-refractivity contribution in [2.45, 2.75) is 38.6 Å². The molecule has 0 bridgehead atoms. The van der Waals surface area contributed by atoms with Gasteiger partial charge in [0.1, 0.15) is 0 Å². The van der Waals surface area contributed by atoms with Crippen molar-refractivity contribution in [1.82, 2.24) is 19.7 Å². The number of hydrogen-bond donors (Lipinski definition) is 1. The fourth-order valence-corrected chi connectivity index (χ4v) is 3.64. The van der Waals surface area contributed by atoms with Gasteiger partial charge in [-0.1, -0.05) is 6.92 Å². The summed E-state index contributed by atoms with van der Waals surface area (Å²) in [5.74, 6) is 0.0512. The third-order valence-electron chi connectivity index (χ3n) is 5.50. The van der Waals surface area contributed by atoms with Gasteiger partial charge in [0.15, 0.2) is 17.3 Å². The minimum absolute atomic E-state index is 0.0490. The second-order valence-electron chi connectivity index (χ2n) is 7.69. The fraction of sp³-hybridized carbons (Fsp3) is 0.391. The number of ketones is 1. The smallest absolute Gasteiger partial charge is 0.227 e. The molecule has 1 fully saturated rings. The molecule has 1 saturated heterocycles. The molecular weight excluding hydrogens is 413 g/mol. The van der Waals surface area contributed by atoms with E-state index in [0.717, 1.165) is 24.3 Å². The van der Waals surface area contributed by atoms with Crippen molar-refractivity contribution in [2.75, 3.05) is 25.6 Å². The standard InChI is InChI=1S/C23H26FN5O3/c1-3-20(30)17-8-16(22(24)21(9-17)31-2)5-4-15-10-25-23(26-11-15)28-18-12-27-29(13-18)19-6-7-32-14-19/h8-13,19H,3-7,14H2,1-2H3,(H,25,26,28)/t19-/m0/s1. The zero-order chi connectivity index (χ0) is 22.5. The van der Waals surface area contributed by atoms with Crippen LogP contribution >= 0.6 is 0 Å². The van der Waals surface area contributed by atoms with Crippen molar-refractivity contribution in [2.24, 2.45) is 0 Å². The average Bonchev–Trinajstić information content (AvgIpc) is 3.51. The maximum absolute atomic E-state index is 14.7. The number of carbonyl (C=O) groups excluding carboxylic acids is 1. The molecule has 0 radical (unpaired) electrons. The van der Waals surface area contributed by atoms with E-state index in [9.17, 15) is 9.18 Å². The van der Waals surface area contributed by atoms with E-state index >= 15 is 0 Å². The summed E-state index contributed by atoms with van der Waals surface area (Å²) in [6.07, 6.45) is 9.30. The van der Waals surface area contributed by atoms with E-state index in [4.69, 9.17) is 9.47 Å². The molecule has 32 heavy (non-hydrogen) atoms. The van der Waals surface area contributed by atoms with Crippen LogP contribution in [0, 0.1) is 5.82 Å². The predicted molar refractivity (Wildman–Crippen MR) is 117 cm³/mol. The largest absolute Gasteiger partial charge is 0.494 e. The molecule has 1 aromatic carbocycles. The summed E-state index contributed by atoms with van der Waals surface area (Å²) in [4.78, 5) is 20.8. The number of benzene rings is 1. The quantitative estimate of drug-likeness (QED) is 0.506. The van der Waals surface area contributed by atoms with Crippen molar-refractivity contribution in [3.05, 3.63) is 59.4 Å². The van der Waals surface area contributed by atoms with Crippen molar-refractivity contribution in [1.29, 1.82) is 0 Å². The Balaban J connectivity index is 1.39. The summed E-state index contributed by atoms with van der Waals surface area (Å²) >= 11 is 0. The Morgan fingerprint density at radius 2 is 2.09 bits per heavy atom. The number of Topliss-reactive ketones (excluding diaryl/α,β-unsaturated/α-hetero) is 1. The van der Waals surface area contributed by atoms with E-state index in [-0.39, 0.29) is 17.6 Å². The molecule has 1 aliphatic heterocycles. The van der Waals surface area contributed by atoms with Crippen LogP contribution in [-0.4, -0.2) is 45.9 Å². The highest BCUT2D eigenvalue weighted by molar-refractivity contribution is 5.96. The normalized spacial score (nSPS) is 15.7. The number of anilines is 2. The third-order valence-corrected chi connectivity index (χ3v) is 5.50. The van der Waals surface area contributed by atoms with E-state index in [1.807, 2.05) is 10.9 Å². The summed E-state index contributed by atoms with van der Waals surface area (Å²) < 4.78 is 27.0. The van der Waals surface area contributed by atoms with Gasteiger partial charge in [-0.3, -0.25) is 9.48 Å². The fourth-order valence-electron chi connectivity index (χ4n) is 3.64.